The average molecular weight is 374 g/mol. The summed E-state index contributed by atoms with van der Waals surface area (Å²) in [5, 5.41) is 1.38. The van der Waals surface area contributed by atoms with Crippen LogP contribution in [0.3, 0.4) is 0 Å². The van der Waals surface area contributed by atoms with Crippen molar-refractivity contribution in [1.82, 2.24) is 9.62 Å². The quantitative estimate of drug-likeness (QED) is 0.733. The molecule has 3 N–H and O–H groups in total. The molecule has 0 saturated carbocycles. The van der Waals surface area contributed by atoms with Crippen molar-refractivity contribution in [2.24, 2.45) is 0 Å². The minimum Gasteiger partial charge on any atom is -0.482 e. The number of amides is 1. The third-order valence-electron chi connectivity index (χ3n) is 3.72. The number of rotatable bonds is 6. The zero-order valence-corrected chi connectivity index (χ0v) is 14.6. The minimum atomic E-state index is -3.45. The Labute approximate surface area is 146 Å². The smallest absolute Gasteiger partial charge is 0.260 e. The highest BCUT2D eigenvalue weighted by molar-refractivity contribution is 7.92. The van der Waals surface area contributed by atoms with Gasteiger partial charge >= 0.3 is 0 Å². The Morgan fingerprint density at radius 3 is 2.71 bits per heavy atom. The third-order valence-corrected chi connectivity index (χ3v) is 5.06. The largest absolute Gasteiger partial charge is 0.482 e. The molecule has 0 radical (unpaired) electrons. The van der Waals surface area contributed by atoms with Gasteiger partial charge in [-0.25, -0.2) is 13.1 Å². The Hall–Kier alpha value is -1.77. The predicted octanol–water partition coefficient (Wildman–Crippen LogP) is 1.35. The molecule has 0 spiro atoms. The number of sulfonamides is 1. The number of nitrogens with zero attached hydrogens (tertiary/aromatic N) is 1. The van der Waals surface area contributed by atoms with Gasteiger partial charge in [0.15, 0.2) is 6.61 Å². The van der Waals surface area contributed by atoms with Gasteiger partial charge in [-0.05, 0) is 31.0 Å². The second-order valence-electron chi connectivity index (χ2n) is 5.46. The van der Waals surface area contributed by atoms with Crippen molar-refractivity contribution in [2.45, 2.75) is 18.9 Å². The van der Waals surface area contributed by atoms with Crippen molar-refractivity contribution in [3.8, 4) is 5.75 Å². The van der Waals surface area contributed by atoms with Crippen molar-refractivity contribution < 1.29 is 17.9 Å². The number of likely N-dealkylation sites (tertiary alicyclic amines) is 1. The molecule has 7 nitrogen and oxygen atoms in total. The monoisotopic (exact) mass is 373 g/mol. The fourth-order valence-corrected chi connectivity index (χ4v) is 3.39. The number of anilines is 1. The number of ether oxygens (including phenoxy) is 1. The predicted molar refractivity (Wildman–Crippen MR) is 93.2 cm³/mol. The van der Waals surface area contributed by atoms with E-state index in [9.17, 15) is 13.2 Å². The molecule has 1 saturated heterocycles. The second-order valence-corrected chi connectivity index (χ2v) is 7.55. The fourth-order valence-electron chi connectivity index (χ4n) is 2.41. The van der Waals surface area contributed by atoms with E-state index in [2.05, 4.69) is 11.3 Å². The van der Waals surface area contributed by atoms with E-state index in [1.807, 2.05) is 0 Å². The van der Waals surface area contributed by atoms with Gasteiger partial charge in [0, 0.05) is 29.6 Å². The lowest BCUT2D eigenvalue weighted by Crippen LogP contribution is -2.47. The zero-order valence-electron chi connectivity index (χ0n) is 13.1. The maximum Gasteiger partial charge on any atom is 0.260 e. The van der Waals surface area contributed by atoms with E-state index in [4.69, 9.17) is 22.1 Å². The maximum absolute atomic E-state index is 12.2. The van der Waals surface area contributed by atoms with Gasteiger partial charge in [-0.2, -0.15) is 0 Å². The lowest BCUT2D eigenvalue weighted by atomic mass is 10.1. The van der Waals surface area contributed by atoms with E-state index < -0.39 is 10.0 Å². The van der Waals surface area contributed by atoms with Gasteiger partial charge < -0.3 is 15.4 Å². The molecule has 1 amide bonds. The summed E-state index contributed by atoms with van der Waals surface area (Å²) in [7, 11) is -3.45. The van der Waals surface area contributed by atoms with Gasteiger partial charge in [0.25, 0.3) is 5.91 Å². The van der Waals surface area contributed by atoms with Gasteiger partial charge in [0.1, 0.15) is 5.75 Å². The highest BCUT2D eigenvalue weighted by Crippen LogP contribution is 2.25. The van der Waals surface area contributed by atoms with Crippen LogP contribution in [-0.2, 0) is 14.8 Å². The highest BCUT2D eigenvalue weighted by atomic mass is 35.5. The van der Waals surface area contributed by atoms with Crippen LogP contribution in [0.2, 0.25) is 5.02 Å². The first-order valence-electron chi connectivity index (χ1n) is 7.41. The highest BCUT2D eigenvalue weighted by Gasteiger charge is 2.25. The molecule has 0 aliphatic carbocycles. The summed E-state index contributed by atoms with van der Waals surface area (Å²) in [6, 6.07) is 4.61. The zero-order chi connectivity index (χ0) is 17.7. The molecule has 0 unspecified atom stereocenters. The molecule has 2 rings (SSSR count). The van der Waals surface area contributed by atoms with Crippen LogP contribution < -0.4 is 15.2 Å². The topological polar surface area (TPSA) is 102 Å². The summed E-state index contributed by atoms with van der Waals surface area (Å²) in [4.78, 5) is 13.8. The molecule has 0 bridgehead atoms. The van der Waals surface area contributed by atoms with Crippen LogP contribution >= 0.6 is 11.6 Å². The van der Waals surface area contributed by atoms with Crippen molar-refractivity contribution in [1.29, 1.82) is 0 Å². The Balaban J connectivity index is 1.81. The Morgan fingerprint density at radius 1 is 1.46 bits per heavy atom. The van der Waals surface area contributed by atoms with Gasteiger partial charge in [-0.3, -0.25) is 4.79 Å². The number of carbonyl (C=O) groups excluding carboxylic acids is 1. The maximum atomic E-state index is 12.2. The number of nitrogens with one attached hydrogen (secondary N) is 1. The van der Waals surface area contributed by atoms with E-state index in [0.29, 0.717) is 42.4 Å². The van der Waals surface area contributed by atoms with E-state index in [1.54, 1.807) is 23.1 Å². The molecular weight excluding hydrogens is 354 g/mol. The average Bonchev–Trinajstić information content (AvgIpc) is 2.54. The van der Waals surface area contributed by atoms with Crippen LogP contribution in [0.25, 0.3) is 0 Å². The normalized spacial score (nSPS) is 16.0. The lowest BCUT2D eigenvalue weighted by Gasteiger charge is -2.32. The van der Waals surface area contributed by atoms with Crippen molar-refractivity contribution >= 4 is 33.2 Å². The first-order chi connectivity index (χ1) is 11.3. The lowest BCUT2D eigenvalue weighted by molar-refractivity contribution is -0.134. The van der Waals surface area contributed by atoms with Gasteiger partial charge in [0.2, 0.25) is 10.0 Å². The molecule has 1 aliphatic heterocycles. The number of nitrogens with two attached hydrogens (primary N) is 1. The van der Waals surface area contributed by atoms with Crippen LogP contribution in [0.15, 0.2) is 30.2 Å². The second kappa shape index (κ2) is 7.87. The number of piperidine rings is 1. The SMILES string of the molecule is C=CS(=O)(=O)NC1CCN(C(=O)COc2ccc(Cl)cc2N)CC1. The summed E-state index contributed by atoms with van der Waals surface area (Å²) in [5.74, 6) is 0.232. The van der Waals surface area contributed by atoms with E-state index >= 15 is 0 Å². The summed E-state index contributed by atoms with van der Waals surface area (Å²) in [5.41, 5.74) is 6.14. The van der Waals surface area contributed by atoms with Gasteiger partial charge in [-0.1, -0.05) is 18.2 Å². The van der Waals surface area contributed by atoms with Crippen LogP contribution in [0.4, 0.5) is 5.69 Å². The van der Waals surface area contributed by atoms with Crippen molar-refractivity contribution in [3.05, 3.63) is 35.2 Å². The Morgan fingerprint density at radius 2 is 2.12 bits per heavy atom. The molecule has 24 heavy (non-hydrogen) atoms. The van der Waals surface area contributed by atoms with E-state index in [0.717, 1.165) is 5.41 Å². The molecule has 1 heterocycles. The number of nitrogen functional groups attached to an aromatic ring is 1. The van der Waals surface area contributed by atoms with Gasteiger partial charge in [0.05, 0.1) is 5.69 Å². The third kappa shape index (κ3) is 5.12. The van der Waals surface area contributed by atoms with E-state index in [-0.39, 0.29) is 18.6 Å². The van der Waals surface area contributed by atoms with Crippen LogP contribution in [0.1, 0.15) is 12.8 Å². The molecule has 9 heteroatoms. The first kappa shape index (κ1) is 18.6. The number of halogens is 1. The number of hydrogen-bond acceptors (Lipinski definition) is 5. The minimum absolute atomic E-state index is 0.130. The summed E-state index contributed by atoms with van der Waals surface area (Å²) in [6.45, 7) is 4.05. The summed E-state index contributed by atoms with van der Waals surface area (Å²) < 4.78 is 30.9. The standard InChI is InChI=1S/C15H20ClN3O4S/c1-2-24(21,22)18-12-5-7-19(8-6-12)15(20)10-23-14-4-3-11(16)9-13(14)17/h2-4,9,12,18H,1,5-8,10,17H2. The van der Waals surface area contributed by atoms with Crippen LogP contribution in [0.5, 0.6) is 5.75 Å². The number of carbonyl (C=O) groups is 1. The molecule has 1 aromatic rings. The number of benzene rings is 1. The van der Waals surface area contributed by atoms with Crippen LogP contribution in [0, 0.1) is 0 Å². The summed E-state index contributed by atoms with van der Waals surface area (Å²) in [6.07, 6.45) is 1.09. The summed E-state index contributed by atoms with van der Waals surface area (Å²) >= 11 is 5.81. The van der Waals surface area contributed by atoms with Crippen LogP contribution in [-0.4, -0.2) is 45.0 Å². The molecule has 0 aromatic heterocycles. The van der Waals surface area contributed by atoms with Crippen molar-refractivity contribution in [2.75, 3.05) is 25.4 Å². The molecule has 1 aliphatic rings. The molecule has 1 aromatic carbocycles. The fraction of sp³-hybridized carbons (Fsp3) is 0.400. The number of hydrogen-bond donors (Lipinski definition) is 2. The van der Waals surface area contributed by atoms with Crippen molar-refractivity contribution in [3.63, 3.8) is 0 Å². The molecule has 132 valence electrons. The van der Waals surface area contributed by atoms with Gasteiger partial charge in [-0.15, -0.1) is 0 Å². The molecular formula is C15H20ClN3O4S. The first-order valence-corrected chi connectivity index (χ1v) is 9.33. The molecule has 1 fully saturated rings. The van der Waals surface area contributed by atoms with E-state index in [1.165, 1.54) is 0 Å². The Kier molecular flexibility index (Phi) is 6.09. The Bertz CT molecular complexity index is 715. The molecule has 0 atom stereocenters.